The normalized spacial score (nSPS) is 11.7. The van der Waals surface area contributed by atoms with Crippen molar-refractivity contribution in [1.29, 1.82) is 0 Å². The van der Waals surface area contributed by atoms with E-state index in [1.54, 1.807) is 0 Å². The summed E-state index contributed by atoms with van der Waals surface area (Å²) in [6.45, 7) is 0. The lowest BCUT2D eigenvalue weighted by molar-refractivity contribution is 1.19. The average Bonchev–Trinajstić information content (AvgIpc) is 3.85. The Morgan fingerprint density at radius 3 is 1.42 bits per heavy atom. The molecule has 0 spiro atoms. The van der Waals surface area contributed by atoms with E-state index in [4.69, 9.17) is 0 Å². The van der Waals surface area contributed by atoms with E-state index in [1.807, 2.05) is 11.3 Å². The molecule has 0 aliphatic carbocycles. The van der Waals surface area contributed by atoms with Gasteiger partial charge in [-0.3, -0.25) is 0 Å². The van der Waals surface area contributed by atoms with E-state index in [9.17, 15) is 0 Å². The average molecular weight is 769 g/mol. The maximum Gasteiger partial charge on any atom is 0.0634 e. The first-order valence-electron chi connectivity index (χ1n) is 20.2. The minimum atomic E-state index is 1.12. The lowest BCUT2D eigenvalue weighted by Gasteiger charge is -2.25. The summed E-state index contributed by atoms with van der Waals surface area (Å²) in [5.74, 6) is 0. The molecule has 0 aliphatic heterocycles. The van der Waals surface area contributed by atoms with Gasteiger partial charge in [0.05, 0.1) is 11.0 Å². The second-order valence-electron chi connectivity index (χ2n) is 15.2. The molecule has 0 saturated heterocycles. The van der Waals surface area contributed by atoms with Crippen molar-refractivity contribution in [2.75, 3.05) is 4.90 Å². The number of para-hydroxylation sites is 4. The van der Waals surface area contributed by atoms with Gasteiger partial charge < -0.3 is 9.47 Å². The number of hydrogen-bond acceptors (Lipinski definition) is 2. The molecule has 12 rings (SSSR count). The third kappa shape index (κ3) is 5.33. The van der Waals surface area contributed by atoms with Crippen molar-refractivity contribution in [2.24, 2.45) is 0 Å². The topological polar surface area (TPSA) is 8.17 Å². The molecule has 3 heteroatoms. The molecule has 0 bridgehead atoms. The maximum atomic E-state index is 2.47. The summed E-state index contributed by atoms with van der Waals surface area (Å²) in [5, 5.41) is 10.2. The van der Waals surface area contributed by atoms with E-state index >= 15 is 0 Å². The number of benzene rings is 10. The number of fused-ring (bicyclic) bond motifs is 9. The van der Waals surface area contributed by atoms with Crippen LogP contribution in [0.15, 0.2) is 218 Å². The van der Waals surface area contributed by atoms with E-state index in [1.165, 1.54) is 91.5 Å². The Bertz CT molecular complexity index is 3430. The van der Waals surface area contributed by atoms with Gasteiger partial charge in [-0.25, -0.2) is 0 Å². The first-order chi connectivity index (χ1) is 29.3. The molecule has 12 aromatic rings. The predicted octanol–water partition coefficient (Wildman–Crippen LogP) is 16.3. The monoisotopic (exact) mass is 768 g/mol. The van der Waals surface area contributed by atoms with Crippen molar-refractivity contribution in [3.63, 3.8) is 0 Å². The highest BCUT2D eigenvalue weighted by Crippen LogP contribution is 2.48. The molecule has 0 radical (unpaired) electrons. The Labute approximate surface area is 346 Å². The van der Waals surface area contributed by atoms with Crippen molar-refractivity contribution in [1.82, 2.24) is 4.57 Å². The second kappa shape index (κ2) is 13.6. The third-order valence-electron chi connectivity index (χ3n) is 11.9. The van der Waals surface area contributed by atoms with Crippen molar-refractivity contribution in [3.05, 3.63) is 218 Å². The summed E-state index contributed by atoms with van der Waals surface area (Å²) in [6, 6.07) is 79.7. The van der Waals surface area contributed by atoms with Gasteiger partial charge in [-0.1, -0.05) is 146 Å². The molecule has 2 heterocycles. The fourth-order valence-corrected chi connectivity index (χ4v) is 10.5. The van der Waals surface area contributed by atoms with Gasteiger partial charge in [-0.15, -0.1) is 11.3 Å². The zero-order chi connectivity index (χ0) is 38.9. The van der Waals surface area contributed by atoms with Gasteiger partial charge in [0.2, 0.25) is 0 Å². The predicted molar refractivity (Wildman–Crippen MR) is 254 cm³/mol. The Kier molecular flexibility index (Phi) is 7.75. The SMILES string of the molecule is c1ccc(N(c2ccccc2)c2ccc(-c3c4ccccc4c(-c4ccc5sc6ccc7c8ccccc8n(-c8ccccc8)c7c6c5c4)c4ccccc34)cc2)cc1. The van der Waals surface area contributed by atoms with Crippen LogP contribution in [0, 0.1) is 0 Å². The molecule has 0 aliphatic rings. The Balaban J connectivity index is 1.07. The molecule has 0 atom stereocenters. The van der Waals surface area contributed by atoms with Crippen molar-refractivity contribution < 1.29 is 0 Å². The number of aromatic nitrogens is 1. The molecule has 10 aromatic carbocycles. The van der Waals surface area contributed by atoms with E-state index in [-0.39, 0.29) is 0 Å². The van der Waals surface area contributed by atoms with E-state index in [0.717, 1.165) is 17.1 Å². The first-order valence-corrected chi connectivity index (χ1v) is 21.0. The molecule has 0 saturated carbocycles. The largest absolute Gasteiger partial charge is 0.311 e. The Morgan fingerprint density at radius 2 is 0.814 bits per heavy atom. The molecule has 2 nitrogen and oxygen atoms in total. The standard InChI is InChI=1S/C56H36N2S/c1-4-16-39(17-5-1)57(40-18-6-2-7-19-40)42-31-28-37(29-32-42)53-44-23-10-12-25-46(44)54(47-26-13-11-24-45(47)53)38-30-34-51-49(36-38)55-52(59-51)35-33-48-43-22-14-15-27-50(43)58(56(48)55)41-20-8-3-9-21-41/h1-36H. The number of hydrogen-bond donors (Lipinski definition) is 0. The minimum absolute atomic E-state index is 1.12. The fourth-order valence-electron chi connectivity index (χ4n) is 9.45. The number of anilines is 3. The molecular formula is C56H36N2S. The second-order valence-corrected chi connectivity index (χ2v) is 16.3. The first kappa shape index (κ1) is 33.7. The molecule has 0 N–H and O–H groups in total. The number of nitrogens with zero attached hydrogens (tertiary/aromatic N) is 2. The van der Waals surface area contributed by atoms with Crippen LogP contribution in [0.4, 0.5) is 17.1 Å². The van der Waals surface area contributed by atoms with Gasteiger partial charge in [0.15, 0.2) is 0 Å². The van der Waals surface area contributed by atoms with E-state index in [0.29, 0.717) is 0 Å². The highest BCUT2D eigenvalue weighted by Gasteiger charge is 2.21. The van der Waals surface area contributed by atoms with Crippen molar-refractivity contribution in [2.45, 2.75) is 0 Å². The van der Waals surface area contributed by atoms with Crippen molar-refractivity contribution >= 4 is 91.9 Å². The summed E-state index contributed by atoms with van der Waals surface area (Å²) >= 11 is 1.88. The maximum absolute atomic E-state index is 2.47. The van der Waals surface area contributed by atoms with Gasteiger partial charge in [-0.05, 0) is 117 Å². The summed E-state index contributed by atoms with van der Waals surface area (Å²) in [4.78, 5) is 2.32. The van der Waals surface area contributed by atoms with Gasteiger partial charge in [0.25, 0.3) is 0 Å². The van der Waals surface area contributed by atoms with Crippen LogP contribution >= 0.6 is 11.3 Å². The van der Waals surface area contributed by atoms with Crippen LogP contribution in [0.3, 0.4) is 0 Å². The lowest BCUT2D eigenvalue weighted by atomic mass is 9.85. The third-order valence-corrected chi connectivity index (χ3v) is 13.1. The summed E-state index contributed by atoms with van der Waals surface area (Å²) in [7, 11) is 0. The fraction of sp³-hybridized carbons (Fsp3) is 0. The van der Waals surface area contributed by atoms with Gasteiger partial charge in [-0.2, -0.15) is 0 Å². The Morgan fingerprint density at radius 1 is 0.339 bits per heavy atom. The molecule has 276 valence electrons. The lowest BCUT2D eigenvalue weighted by Crippen LogP contribution is -2.09. The highest BCUT2D eigenvalue weighted by molar-refractivity contribution is 7.26. The molecule has 59 heavy (non-hydrogen) atoms. The molecule has 2 aromatic heterocycles. The van der Waals surface area contributed by atoms with Gasteiger partial charge >= 0.3 is 0 Å². The van der Waals surface area contributed by atoms with Crippen LogP contribution in [0.2, 0.25) is 0 Å². The Hall–Kier alpha value is -7.46. The van der Waals surface area contributed by atoms with E-state index < -0.39 is 0 Å². The molecule has 0 fully saturated rings. The minimum Gasteiger partial charge on any atom is -0.311 e. The van der Waals surface area contributed by atoms with Crippen molar-refractivity contribution in [3.8, 4) is 27.9 Å². The van der Waals surface area contributed by atoms with Gasteiger partial charge in [0.1, 0.15) is 0 Å². The van der Waals surface area contributed by atoms with E-state index in [2.05, 4.69) is 228 Å². The van der Waals surface area contributed by atoms with Crippen LogP contribution < -0.4 is 4.90 Å². The quantitative estimate of drug-likeness (QED) is 0.153. The molecular weight excluding hydrogens is 733 g/mol. The van der Waals surface area contributed by atoms with Crippen LogP contribution in [-0.2, 0) is 0 Å². The van der Waals surface area contributed by atoms with Gasteiger partial charge in [0, 0.05) is 53.7 Å². The molecule has 0 amide bonds. The van der Waals surface area contributed by atoms with Crippen LogP contribution in [0.5, 0.6) is 0 Å². The number of thiophene rings is 1. The smallest absolute Gasteiger partial charge is 0.0634 e. The molecule has 0 unspecified atom stereocenters. The number of rotatable bonds is 6. The highest BCUT2D eigenvalue weighted by atomic mass is 32.1. The van der Waals surface area contributed by atoms with Crippen LogP contribution in [0.25, 0.3) is 91.5 Å². The zero-order valence-electron chi connectivity index (χ0n) is 32.1. The van der Waals surface area contributed by atoms with Crippen LogP contribution in [-0.4, -0.2) is 4.57 Å². The summed E-state index contributed by atoms with van der Waals surface area (Å²) in [6.07, 6.45) is 0. The summed E-state index contributed by atoms with van der Waals surface area (Å²) < 4.78 is 5.07. The zero-order valence-corrected chi connectivity index (χ0v) is 32.9. The van der Waals surface area contributed by atoms with Crippen LogP contribution in [0.1, 0.15) is 0 Å². The summed E-state index contributed by atoms with van der Waals surface area (Å²) in [5.41, 5.74) is 12.0.